The van der Waals surface area contributed by atoms with E-state index in [9.17, 15) is 4.79 Å². The molecular formula is C28H25N3O2S. The maximum Gasteiger partial charge on any atom is 0.262 e. The molecule has 0 spiro atoms. The fraction of sp³-hybridized carbons (Fsp3) is 0.143. The molecule has 1 aliphatic heterocycles. The molecule has 6 heteroatoms. The number of aromatic nitrogens is 1. The van der Waals surface area contributed by atoms with Crippen LogP contribution in [0.2, 0.25) is 0 Å². The summed E-state index contributed by atoms with van der Waals surface area (Å²) in [5.41, 5.74) is 5.53. The molecule has 1 N–H and O–H groups in total. The molecule has 1 amide bonds. The summed E-state index contributed by atoms with van der Waals surface area (Å²) in [7, 11) is 1.68. The lowest BCUT2D eigenvalue weighted by atomic mass is 10.0. The summed E-state index contributed by atoms with van der Waals surface area (Å²) in [5.74, 6) is 1.50. The number of ether oxygens (including phenoxy) is 1. The van der Waals surface area contributed by atoms with E-state index < -0.39 is 0 Å². The zero-order chi connectivity index (χ0) is 23.5. The number of anilines is 2. The van der Waals surface area contributed by atoms with Crippen LogP contribution in [0.3, 0.4) is 0 Å². The number of nitrogens with zero attached hydrogens (tertiary/aromatic N) is 2. The predicted octanol–water partition coefficient (Wildman–Crippen LogP) is 6.46. The molecule has 4 aromatic rings. The highest BCUT2D eigenvalue weighted by Crippen LogP contribution is 2.38. The van der Waals surface area contributed by atoms with Crippen LogP contribution in [0.15, 0.2) is 96.2 Å². The van der Waals surface area contributed by atoms with Crippen LogP contribution in [0.25, 0.3) is 0 Å². The predicted molar refractivity (Wildman–Crippen MR) is 138 cm³/mol. The van der Waals surface area contributed by atoms with Gasteiger partial charge in [-0.2, -0.15) is 0 Å². The highest BCUT2D eigenvalue weighted by molar-refractivity contribution is 7.98. The second kappa shape index (κ2) is 9.61. The van der Waals surface area contributed by atoms with Gasteiger partial charge in [-0.15, -0.1) is 11.8 Å². The van der Waals surface area contributed by atoms with Gasteiger partial charge < -0.3 is 10.1 Å². The molecule has 34 heavy (non-hydrogen) atoms. The van der Waals surface area contributed by atoms with Crippen molar-refractivity contribution < 1.29 is 9.53 Å². The van der Waals surface area contributed by atoms with Gasteiger partial charge in [0.05, 0.1) is 17.7 Å². The van der Waals surface area contributed by atoms with E-state index >= 15 is 0 Å². The lowest BCUT2D eigenvalue weighted by molar-refractivity contribution is 0.0975. The molecule has 2 heterocycles. The number of carbonyl (C=O) groups excluding carboxylic acids is 1. The molecule has 0 radical (unpaired) electrons. The molecule has 1 unspecified atom stereocenters. The number of hydrogen-bond donors (Lipinski definition) is 1. The zero-order valence-corrected chi connectivity index (χ0v) is 19.9. The summed E-state index contributed by atoms with van der Waals surface area (Å²) in [5, 5.41) is 4.55. The maximum absolute atomic E-state index is 13.7. The smallest absolute Gasteiger partial charge is 0.262 e. The van der Waals surface area contributed by atoms with Gasteiger partial charge in [-0.25, -0.2) is 4.98 Å². The van der Waals surface area contributed by atoms with Crippen molar-refractivity contribution in [3.05, 3.63) is 113 Å². The quantitative estimate of drug-likeness (QED) is 0.330. The molecule has 0 fully saturated rings. The van der Waals surface area contributed by atoms with E-state index in [4.69, 9.17) is 4.74 Å². The number of carbonyl (C=O) groups is 1. The second-order valence-corrected chi connectivity index (χ2v) is 9.13. The van der Waals surface area contributed by atoms with Gasteiger partial charge in [0.15, 0.2) is 0 Å². The summed E-state index contributed by atoms with van der Waals surface area (Å²) in [6.45, 7) is 2.04. The Hall–Kier alpha value is -3.77. The van der Waals surface area contributed by atoms with Crippen molar-refractivity contribution in [2.45, 2.75) is 23.9 Å². The molecule has 5 rings (SSSR count). The third-order valence-corrected chi connectivity index (χ3v) is 6.86. The Labute approximate surface area is 203 Å². The highest BCUT2D eigenvalue weighted by Gasteiger charge is 2.34. The van der Waals surface area contributed by atoms with Gasteiger partial charge in [0, 0.05) is 28.9 Å². The number of aryl methyl sites for hydroxylation is 1. The lowest BCUT2D eigenvalue weighted by Crippen LogP contribution is -2.43. The number of nitrogens with one attached hydrogen (secondary N) is 1. The molecule has 1 aromatic heterocycles. The summed E-state index contributed by atoms with van der Waals surface area (Å²) in [6.07, 6.45) is 1.44. The second-order valence-electron chi connectivity index (χ2n) is 8.13. The number of rotatable bonds is 6. The average molecular weight is 468 g/mol. The SMILES string of the molecule is COc1ccc(C2Nc3ccccc3C(=O)N2c2ccc(C)cc2)cc1CSc1ccccn1. The van der Waals surface area contributed by atoms with Gasteiger partial charge in [-0.1, -0.05) is 42.0 Å². The van der Waals surface area contributed by atoms with E-state index in [1.807, 2.05) is 90.7 Å². The molecule has 3 aromatic carbocycles. The highest BCUT2D eigenvalue weighted by atomic mass is 32.2. The maximum atomic E-state index is 13.7. The molecule has 1 aliphatic rings. The normalized spacial score (nSPS) is 14.9. The monoisotopic (exact) mass is 467 g/mol. The van der Waals surface area contributed by atoms with Crippen LogP contribution in [-0.4, -0.2) is 18.0 Å². The molecule has 170 valence electrons. The molecular weight excluding hydrogens is 442 g/mol. The van der Waals surface area contributed by atoms with Crippen molar-refractivity contribution in [2.75, 3.05) is 17.3 Å². The zero-order valence-electron chi connectivity index (χ0n) is 19.1. The topological polar surface area (TPSA) is 54.5 Å². The summed E-state index contributed by atoms with van der Waals surface area (Å²) < 4.78 is 5.64. The molecule has 0 bridgehead atoms. The number of thioether (sulfide) groups is 1. The minimum atomic E-state index is -0.352. The van der Waals surface area contributed by atoms with E-state index in [-0.39, 0.29) is 12.1 Å². The van der Waals surface area contributed by atoms with E-state index in [2.05, 4.69) is 16.4 Å². The van der Waals surface area contributed by atoms with Crippen molar-refractivity contribution in [3.8, 4) is 5.75 Å². The van der Waals surface area contributed by atoms with Gasteiger partial charge in [-0.3, -0.25) is 9.69 Å². The Morgan fingerprint density at radius 2 is 1.79 bits per heavy atom. The minimum absolute atomic E-state index is 0.0246. The fourth-order valence-corrected chi connectivity index (χ4v) is 4.96. The Kier molecular flexibility index (Phi) is 6.23. The first-order valence-electron chi connectivity index (χ1n) is 11.1. The van der Waals surface area contributed by atoms with E-state index in [1.165, 1.54) is 0 Å². The number of methoxy groups -OCH3 is 1. The molecule has 0 saturated carbocycles. The number of fused-ring (bicyclic) bond motifs is 1. The number of pyridine rings is 1. The Balaban J connectivity index is 1.54. The molecule has 1 atom stereocenters. The van der Waals surface area contributed by atoms with E-state index in [0.717, 1.165) is 38.8 Å². The Morgan fingerprint density at radius 1 is 1.00 bits per heavy atom. The molecule has 5 nitrogen and oxygen atoms in total. The van der Waals surface area contributed by atoms with Gasteiger partial charge in [-0.05, 0) is 61.0 Å². The van der Waals surface area contributed by atoms with Crippen LogP contribution in [-0.2, 0) is 5.75 Å². The lowest BCUT2D eigenvalue weighted by Gasteiger charge is -2.38. The first-order chi connectivity index (χ1) is 16.6. The fourth-order valence-electron chi connectivity index (χ4n) is 4.12. The van der Waals surface area contributed by atoms with Crippen LogP contribution in [0.4, 0.5) is 11.4 Å². The van der Waals surface area contributed by atoms with Crippen LogP contribution in [0.5, 0.6) is 5.75 Å². The third-order valence-electron chi connectivity index (χ3n) is 5.87. The van der Waals surface area contributed by atoms with Gasteiger partial charge in [0.2, 0.25) is 0 Å². The van der Waals surface area contributed by atoms with Crippen molar-refractivity contribution in [1.29, 1.82) is 0 Å². The van der Waals surface area contributed by atoms with Crippen molar-refractivity contribution in [2.24, 2.45) is 0 Å². The van der Waals surface area contributed by atoms with Gasteiger partial charge >= 0.3 is 0 Å². The summed E-state index contributed by atoms with van der Waals surface area (Å²) >= 11 is 1.65. The molecule has 0 aliphatic carbocycles. The van der Waals surface area contributed by atoms with Crippen LogP contribution in [0, 0.1) is 6.92 Å². The van der Waals surface area contributed by atoms with Crippen molar-refractivity contribution in [3.63, 3.8) is 0 Å². The van der Waals surface area contributed by atoms with Gasteiger partial charge in [0.1, 0.15) is 11.9 Å². The Morgan fingerprint density at radius 3 is 2.56 bits per heavy atom. The number of hydrogen-bond acceptors (Lipinski definition) is 5. The van der Waals surface area contributed by atoms with Gasteiger partial charge in [0.25, 0.3) is 5.91 Å². The van der Waals surface area contributed by atoms with Crippen LogP contribution >= 0.6 is 11.8 Å². The van der Waals surface area contributed by atoms with Crippen molar-refractivity contribution in [1.82, 2.24) is 4.98 Å². The number of amides is 1. The summed E-state index contributed by atoms with van der Waals surface area (Å²) in [6, 6.07) is 27.7. The first-order valence-corrected chi connectivity index (χ1v) is 12.1. The first kappa shape index (κ1) is 22.0. The standard InChI is InChI=1S/C28H25N3O2S/c1-19-10-13-22(14-11-19)31-27(30-24-8-4-3-7-23(24)28(31)32)20-12-15-25(33-2)21(17-20)18-34-26-9-5-6-16-29-26/h3-17,27,30H,18H2,1-2H3. The minimum Gasteiger partial charge on any atom is -0.496 e. The van der Waals surface area contributed by atoms with Crippen LogP contribution < -0.4 is 15.0 Å². The van der Waals surface area contributed by atoms with Crippen LogP contribution in [0.1, 0.15) is 33.2 Å². The number of benzene rings is 3. The van der Waals surface area contributed by atoms with E-state index in [0.29, 0.717) is 11.3 Å². The largest absolute Gasteiger partial charge is 0.496 e. The number of para-hydroxylation sites is 1. The van der Waals surface area contributed by atoms with Crippen molar-refractivity contribution >= 4 is 29.0 Å². The average Bonchev–Trinajstić information content (AvgIpc) is 2.88. The molecule has 0 saturated heterocycles. The van der Waals surface area contributed by atoms with E-state index in [1.54, 1.807) is 25.1 Å². The Bertz CT molecular complexity index is 1310. The third kappa shape index (κ3) is 4.37. The summed E-state index contributed by atoms with van der Waals surface area (Å²) in [4.78, 5) is 19.9.